The fourth-order valence-electron chi connectivity index (χ4n) is 2.34. The summed E-state index contributed by atoms with van der Waals surface area (Å²) in [6, 6.07) is 6.45. The quantitative estimate of drug-likeness (QED) is 0.555. The standard InChI is InChI=1S/C20H30O4/c1-5-7-9-15(3)23-19(21)17-11-13-18(14-12-17)20(22)24-16(4)10-8-6-2/h11-16H,5-10H2,1-4H3. The van der Waals surface area contributed by atoms with Gasteiger partial charge in [0.25, 0.3) is 0 Å². The molecule has 0 aliphatic carbocycles. The number of benzene rings is 1. The van der Waals surface area contributed by atoms with Crippen molar-refractivity contribution in [3.8, 4) is 0 Å². The zero-order chi connectivity index (χ0) is 17.9. The van der Waals surface area contributed by atoms with Gasteiger partial charge in [0.15, 0.2) is 0 Å². The summed E-state index contributed by atoms with van der Waals surface area (Å²) in [5.41, 5.74) is 0.905. The molecule has 0 aliphatic heterocycles. The van der Waals surface area contributed by atoms with Gasteiger partial charge in [0.2, 0.25) is 0 Å². The minimum atomic E-state index is -0.352. The summed E-state index contributed by atoms with van der Waals surface area (Å²) in [5.74, 6) is -0.704. The highest BCUT2D eigenvalue weighted by molar-refractivity contribution is 5.93. The number of hydrogen-bond acceptors (Lipinski definition) is 4. The molecule has 0 spiro atoms. The van der Waals surface area contributed by atoms with Crippen molar-refractivity contribution in [3.63, 3.8) is 0 Å². The van der Waals surface area contributed by atoms with E-state index in [0.717, 1.165) is 38.5 Å². The third kappa shape index (κ3) is 7.16. The summed E-state index contributed by atoms with van der Waals surface area (Å²) in [5, 5.41) is 0. The number of carbonyl (C=O) groups is 2. The summed E-state index contributed by atoms with van der Waals surface area (Å²) in [6.07, 6.45) is 5.77. The first-order valence-corrected chi connectivity index (χ1v) is 8.99. The Morgan fingerprint density at radius 2 is 1.12 bits per heavy atom. The highest BCUT2D eigenvalue weighted by atomic mass is 16.5. The molecular weight excluding hydrogens is 304 g/mol. The maximum atomic E-state index is 12.1. The lowest BCUT2D eigenvalue weighted by atomic mass is 10.1. The Bertz CT molecular complexity index is 460. The van der Waals surface area contributed by atoms with E-state index < -0.39 is 0 Å². The van der Waals surface area contributed by atoms with Crippen molar-refractivity contribution in [2.24, 2.45) is 0 Å². The lowest BCUT2D eigenvalue weighted by Crippen LogP contribution is -2.16. The van der Waals surface area contributed by atoms with Gasteiger partial charge in [-0.15, -0.1) is 0 Å². The van der Waals surface area contributed by atoms with Crippen LogP contribution in [0.4, 0.5) is 0 Å². The van der Waals surface area contributed by atoms with Gasteiger partial charge in [-0.2, -0.15) is 0 Å². The molecule has 24 heavy (non-hydrogen) atoms. The first-order chi connectivity index (χ1) is 11.5. The lowest BCUT2D eigenvalue weighted by Gasteiger charge is -2.14. The van der Waals surface area contributed by atoms with E-state index >= 15 is 0 Å². The van der Waals surface area contributed by atoms with E-state index in [1.165, 1.54) is 0 Å². The lowest BCUT2D eigenvalue weighted by molar-refractivity contribution is 0.0305. The number of hydrogen-bond donors (Lipinski definition) is 0. The molecule has 1 rings (SSSR count). The Kier molecular flexibility index (Phi) is 9.13. The molecule has 0 N–H and O–H groups in total. The molecule has 1 aromatic carbocycles. The molecule has 0 aromatic heterocycles. The molecule has 0 radical (unpaired) electrons. The first-order valence-electron chi connectivity index (χ1n) is 8.99. The van der Waals surface area contributed by atoms with Crippen LogP contribution in [-0.2, 0) is 9.47 Å². The predicted octanol–water partition coefficient (Wildman–Crippen LogP) is 5.16. The van der Waals surface area contributed by atoms with Gasteiger partial charge >= 0.3 is 11.9 Å². The van der Waals surface area contributed by atoms with E-state index in [-0.39, 0.29) is 24.1 Å². The summed E-state index contributed by atoms with van der Waals surface area (Å²) in [7, 11) is 0. The van der Waals surface area contributed by atoms with Gasteiger partial charge in [0.05, 0.1) is 23.3 Å². The van der Waals surface area contributed by atoms with Crippen molar-refractivity contribution in [3.05, 3.63) is 35.4 Å². The van der Waals surface area contributed by atoms with E-state index in [2.05, 4.69) is 13.8 Å². The van der Waals surface area contributed by atoms with Crippen LogP contribution in [-0.4, -0.2) is 24.1 Å². The number of esters is 2. The van der Waals surface area contributed by atoms with Gasteiger partial charge in [0, 0.05) is 0 Å². The topological polar surface area (TPSA) is 52.6 Å². The summed E-state index contributed by atoms with van der Waals surface area (Å²) >= 11 is 0. The molecule has 0 saturated heterocycles. The van der Waals surface area contributed by atoms with Gasteiger partial charge in [-0.25, -0.2) is 9.59 Å². The Morgan fingerprint density at radius 3 is 1.42 bits per heavy atom. The van der Waals surface area contributed by atoms with Crippen LogP contribution in [0.15, 0.2) is 24.3 Å². The number of rotatable bonds is 10. The second-order valence-corrected chi connectivity index (χ2v) is 6.29. The first kappa shape index (κ1) is 20.2. The molecule has 0 saturated carbocycles. The predicted molar refractivity (Wildman–Crippen MR) is 95.2 cm³/mol. The van der Waals surface area contributed by atoms with E-state index in [9.17, 15) is 9.59 Å². The van der Waals surface area contributed by atoms with E-state index in [1.807, 2.05) is 13.8 Å². The normalized spacial score (nSPS) is 13.2. The third-order valence-electron chi connectivity index (χ3n) is 3.90. The van der Waals surface area contributed by atoms with Crippen LogP contribution in [0.25, 0.3) is 0 Å². The van der Waals surface area contributed by atoms with Crippen molar-refractivity contribution < 1.29 is 19.1 Å². The summed E-state index contributed by atoms with van der Waals surface area (Å²) in [4.78, 5) is 24.1. The molecule has 134 valence electrons. The Hall–Kier alpha value is -1.84. The molecule has 0 bridgehead atoms. The van der Waals surface area contributed by atoms with Crippen LogP contribution in [0.1, 0.15) is 86.9 Å². The zero-order valence-electron chi connectivity index (χ0n) is 15.3. The van der Waals surface area contributed by atoms with E-state index in [1.54, 1.807) is 24.3 Å². The van der Waals surface area contributed by atoms with E-state index in [4.69, 9.17) is 9.47 Å². The molecule has 0 heterocycles. The van der Waals surface area contributed by atoms with Crippen LogP contribution in [0.2, 0.25) is 0 Å². The van der Waals surface area contributed by atoms with Gasteiger partial charge in [0.1, 0.15) is 0 Å². The Morgan fingerprint density at radius 1 is 0.792 bits per heavy atom. The largest absolute Gasteiger partial charge is 0.459 e. The SMILES string of the molecule is CCCCC(C)OC(=O)c1ccc(C(=O)OC(C)CCCC)cc1. The third-order valence-corrected chi connectivity index (χ3v) is 3.90. The van der Waals surface area contributed by atoms with Gasteiger partial charge in [-0.05, 0) is 51.0 Å². The molecule has 0 amide bonds. The molecular formula is C20H30O4. The Labute approximate surface area is 145 Å². The number of ether oxygens (including phenoxy) is 2. The monoisotopic (exact) mass is 334 g/mol. The second kappa shape index (κ2) is 10.8. The highest BCUT2D eigenvalue weighted by Crippen LogP contribution is 2.13. The van der Waals surface area contributed by atoms with E-state index in [0.29, 0.717) is 11.1 Å². The van der Waals surface area contributed by atoms with Crippen molar-refractivity contribution in [1.29, 1.82) is 0 Å². The molecule has 0 fully saturated rings. The second-order valence-electron chi connectivity index (χ2n) is 6.29. The molecule has 1 aromatic rings. The maximum absolute atomic E-state index is 12.1. The smallest absolute Gasteiger partial charge is 0.338 e. The van der Waals surface area contributed by atoms with Crippen molar-refractivity contribution in [1.82, 2.24) is 0 Å². The van der Waals surface area contributed by atoms with Gasteiger partial charge in [-0.3, -0.25) is 0 Å². The summed E-state index contributed by atoms with van der Waals surface area (Å²) in [6.45, 7) is 8.01. The van der Waals surface area contributed by atoms with Crippen molar-refractivity contribution in [2.75, 3.05) is 0 Å². The fraction of sp³-hybridized carbons (Fsp3) is 0.600. The minimum Gasteiger partial charge on any atom is -0.459 e. The molecule has 4 nitrogen and oxygen atoms in total. The summed E-state index contributed by atoms with van der Waals surface area (Å²) < 4.78 is 10.8. The van der Waals surface area contributed by atoms with Gasteiger partial charge < -0.3 is 9.47 Å². The van der Waals surface area contributed by atoms with Crippen LogP contribution >= 0.6 is 0 Å². The van der Waals surface area contributed by atoms with Crippen LogP contribution in [0.5, 0.6) is 0 Å². The Balaban J connectivity index is 2.55. The van der Waals surface area contributed by atoms with Crippen LogP contribution in [0.3, 0.4) is 0 Å². The number of carbonyl (C=O) groups excluding carboxylic acids is 2. The average Bonchev–Trinajstić information content (AvgIpc) is 2.58. The molecule has 4 heteroatoms. The average molecular weight is 334 g/mol. The van der Waals surface area contributed by atoms with Crippen molar-refractivity contribution in [2.45, 2.75) is 78.4 Å². The fourth-order valence-corrected chi connectivity index (χ4v) is 2.34. The molecule has 2 unspecified atom stereocenters. The van der Waals surface area contributed by atoms with Crippen LogP contribution in [0, 0.1) is 0 Å². The van der Waals surface area contributed by atoms with Crippen molar-refractivity contribution >= 4 is 11.9 Å². The number of unbranched alkanes of at least 4 members (excludes halogenated alkanes) is 2. The molecule has 2 atom stereocenters. The minimum absolute atomic E-state index is 0.0958. The maximum Gasteiger partial charge on any atom is 0.338 e. The molecule has 0 aliphatic rings. The zero-order valence-corrected chi connectivity index (χ0v) is 15.3. The van der Waals surface area contributed by atoms with Crippen LogP contribution < -0.4 is 0 Å². The highest BCUT2D eigenvalue weighted by Gasteiger charge is 2.15. The van der Waals surface area contributed by atoms with Gasteiger partial charge in [-0.1, -0.05) is 39.5 Å².